The Morgan fingerprint density at radius 2 is 1.55 bits per heavy atom. The number of rotatable bonds is 4. The molecule has 0 aliphatic heterocycles. The Kier molecular flexibility index (Phi) is 4.97. The van der Waals surface area contributed by atoms with Gasteiger partial charge in [0.25, 0.3) is 11.8 Å². The fourth-order valence-electron chi connectivity index (χ4n) is 2.46. The molecule has 2 heterocycles. The van der Waals surface area contributed by atoms with Gasteiger partial charge in [0.15, 0.2) is 5.76 Å². The molecule has 0 saturated heterocycles. The van der Waals surface area contributed by atoms with Gasteiger partial charge in [-0.3, -0.25) is 0 Å². The second-order valence-electron chi connectivity index (χ2n) is 5.82. The Hall–Kier alpha value is -2.97. The van der Waals surface area contributed by atoms with E-state index in [1.54, 1.807) is 18.2 Å². The lowest BCUT2D eigenvalue weighted by Crippen LogP contribution is -2.04. The second kappa shape index (κ2) is 7.46. The normalized spacial score (nSPS) is 11.6. The van der Waals surface area contributed by atoms with Gasteiger partial charge in [0.2, 0.25) is 5.89 Å². The average Bonchev–Trinajstić information content (AvgIpc) is 3.29. The van der Waals surface area contributed by atoms with Crippen molar-refractivity contribution < 1.29 is 26.7 Å². The molecule has 0 bridgehead atoms. The maximum atomic E-state index is 12.9. The largest absolute Gasteiger partial charge is 0.426 e. The SMILES string of the molecule is FC(F)(F)c1cccc(-c2nnc(-c3ccc(Oc4cc(Cl)cc(Cl)c4)o3)o2)c1. The van der Waals surface area contributed by atoms with E-state index in [9.17, 15) is 13.2 Å². The number of hydrogen-bond donors (Lipinski definition) is 0. The first-order chi connectivity index (χ1) is 13.8. The zero-order valence-electron chi connectivity index (χ0n) is 14.2. The summed E-state index contributed by atoms with van der Waals surface area (Å²) < 4.78 is 55.1. The number of hydrogen-bond acceptors (Lipinski definition) is 5. The van der Waals surface area contributed by atoms with E-state index in [-0.39, 0.29) is 29.1 Å². The van der Waals surface area contributed by atoms with Gasteiger partial charge < -0.3 is 13.6 Å². The summed E-state index contributed by atoms with van der Waals surface area (Å²) in [6.45, 7) is 0. The maximum Gasteiger partial charge on any atom is 0.416 e. The van der Waals surface area contributed by atoms with E-state index in [0.29, 0.717) is 15.8 Å². The van der Waals surface area contributed by atoms with Crippen LogP contribution in [0.1, 0.15) is 5.56 Å². The zero-order valence-corrected chi connectivity index (χ0v) is 15.7. The van der Waals surface area contributed by atoms with Crippen molar-refractivity contribution in [2.24, 2.45) is 0 Å². The van der Waals surface area contributed by atoms with Crippen LogP contribution in [0.3, 0.4) is 0 Å². The van der Waals surface area contributed by atoms with Crippen molar-refractivity contribution in [2.45, 2.75) is 6.18 Å². The number of alkyl halides is 3. The first-order valence-corrected chi connectivity index (χ1v) is 8.79. The van der Waals surface area contributed by atoms with E-state index in [0.717, 1.165) is 12.1 Å². The molecule has 10 heteroatoms. The number of ether oxygens (including phenoxy) is 1. The van der Waals surface area contributed by atoms with Crippen molar-refractivity contribution in [3.8, 4) is 34.8 Å². The van der Waals surface area contributed by atoms with Crippen molar-refractivity contribution >= 4 is 23.2 Å². The lowest BCUT2D eigenvalue weighted by Gasteiger charge is -2.06. The second-order valence-corrected chi connectivity index (χ2v) is 6.69. The Morgan fingerprint density at radius 1 is 0.828 bits per heavy atom. The van der Waals surface area contributed by atoms with Crippen LogP contribution in [0, 0.1) is 0 Å². The Labute approximate surface area is 171 Å². The number of aromatic nitrogens is 2. The third-order valence-electron chi connectivity index (χ3n) is 3.71. The van der Waals surface area contributed by atoms with Gasteiger partial charge in [-0.1, -0.05) is 29.3 Å². The van der Waals surface area contributed by atoms with Gasteiger partial charge in [0.1, 0.15) is 5.75 Å². The molecule has 0 aliphatic carbocycles. The number of benzene rings is 2. The Bertz CT molecular complexity index is 1150. The highest BCUT2D eigenvalue weighted by molar-refractivity contribution is 6.34. The van der Waals surface area contributed by atoms with E-state index in [1.807, 2.05) is 0 Å². The minimum atomic E-state index is -4.48. The summed E-state index contributed by atoms with van der Waals surface area (Å²) in [7, 11) is 0. The first kappa shape index (κ1) is 19.4. The quantitative estimate of drug-likeness (QED) is 0.338. The van der Waals surface area contributed by atoms with Crippen molar-refractivity contribution in [3.05, 3.63) is 70.2 Å². The van der Waals surface area contributed by atoms with E-state index in [2.05, 4.69) is 10.2 Å². The van der Waals surface area contributed by atoms with Crippen LogP contribution in [-0.4, -0.2) is 10.2 Å². The zero-order chi connectivity index (χ0) is 20.6. The lowest BCUT2D eigenvalue weighted by molar-refractivity contribution is -0.137. The summed E-state index contributed by atoms with van der Waals surface area (Å²) >= 11 is 11.8. The molecule has 0 radical (unpaired) electrons. The Morgan fingerprint density at radius 3 is 2.28 bits per heavy atom. The summed E-state index contributed by atoms with van der Waals surface area (Å²) in [6, 6.07) is 12.3. The molecule has 0 fully saturated rings. The molecule has 29 heavy (non-hydrogen) atoms. The van der Waals surface area contributed by atoms with Crippen LogP contribution < -0.4 is 4.74 Å². The van der Waals surface area contributed by atoms with Crippen LogP contribution in [0.25, 0.3) is 23.1 Å². The molecule has 0 spiro atoms. The highest BCUT2D eigenvalue weighted by atomic mass is 35.5. The molecule has 2 aromatic carbocycles. The van der Waals surface area contributed by atoms with Crippen LogP contribution >= 0.6 is 23.2 Å². The number of furan rings is 1. The van der Waals surface area contributed by atoms with Gasteiger partial charge in [-0.15, -0.1) is 10.2 Å². The molecule has 2 aromatic heterocycles. The molecule has 148 valence electrons. The van der Waals surface area contributed by atoms with E-state index in [4.69, 9.17) is 36.8 Å². The van der Waals surface area contributed by atoms with Crippen LogP contribution in [0.5, 0.6) is 11.7 Å². The van der Waals surface area contributed by atoms with Crippen LogP contribution in [0.15, 0.2) is 63.4 Å². The van der Waals surface area contributed by atoms with Gasteiger partial charge in [-0.2, -0.15) is 13.2 Å². The van der Waals surface area contributed by atoms with Crippen molar-refractivity contribution in [1.29, 1.82) is 0 Å². The van der Waals surface area contributed by atoms with Gasteiger partial charge >= 0.3 is 6.18 Å². The third kappa shape index (κ3) is 4.38. The summed E-state index contributed by atoms with van der Waals surface area (Å²) in [5, 5.41) is 8.38. The molecule has 0 atom stereocenters. The van der Waals surface area contributed by atoms with Gasteiger partial charge in [0.05, 0.1) is 5.56 Å². The summed E-state index contributed by atoms with van der Waals surface area (Å²) in [5.41, 5.74) is -0.682. The third-order valence-corrected chi connectivity index (χ3v) is 4.14. The van der Waals surface area contributed by atoms with Gasteiger partial charge in [-0.25, -0.2) is 0 Å². The van der Waals surface area contributed by atoms with E-state index >= 15 is 0 Å². The minimum absolute atomic E-state index is 0.0172. The predicted molar refractivity (Wildman–Crippen MR) is 99.0 cm³/mol. The smallest absolute Gasteiger partial charge is 0.416 e. The van der Waals surface area contributed by atoms with Crippen LogP contribution in [-0.2, 0) is 6.18 Å². The molecule has 5 nitrogen and oxygen atoms in total. The standard InChI is InChI=1S/C19H9Cl2F3N2O3/c20-12-7-13(21)9-14(8-12)27-16-5-4-15(28-16)18-26-25-17(29-18)10-2-1-3-11(6-10)19(22,23)24/h1-9H. The highest BCUT2D eigenvalue weighted by Crippen LogP contribution is 2.34. The molecule has 0 amide bonds. The van der Waals surface area contributed by atoms with E-state index in [1.165, 1.54) is 24.3 Å². The molecule has 4 rings (SSSR count). The van der Waals surface area contributed by atoms with Crippen LogP contribution in [0.4, 0.5) is 13.2 Å². The van der Waals surface area contributed by atoms with Crippen molar-refractivity contribution in [2.75, 3.05) is 0 Å². The van der Waals surface area contributed by atoms with Gasteiger partial charge in [0, 0.05) is 21.7 Å². The van der Waals surface area contributed by atoms with E-state index < -0.39 is 11.7 Å². The monoisotopic (exact) mass is 440 g/mol. The summed E-state index contributed by atoms with van der Waals surface area (Å²) in [4.78, 5) is 0. The fraction of sp³-hybridized carbons (Fsp3) is 0.0526. The first-order valence-electron chi connectivity index (χ1n) is 8.03. The number of nitrogens with zero attached hydrogens (tertiary/aromatic N) is 2. The topological polar surface area (TPSA) is 61.3 Å². The molecule has 0 aliphatic rings. The lowest BCUT2D eigenvalue weighted by atomic mass is 10.1. The molecular weight excluding hydrogens is 432 g/mol. The average molecular weight is 441 g/mol. The molecule has 0 unspecified atom stereocenters. The Balaban J connectivity index is 1.56. The highest BCUT2D eigenvalue weighted by Gasteiger charge is 2.31. The number of halogens is 5. The maximum absolute atomic E-state index is 12.9. The summed E-state index contributed by atoms with van der Waals surface area (Å²) in [6.07, 6.45) is -4.48. The molecular formula is C19H9Cl2F3N2O3. The van der Waals surface area contributed by atoms with Crippen molar-refractivity contribution in [1.82, 2.24) is 10.2 Å². The molecule has 4 aromatic rings. The van der Waals surface area contributed by atoms with Crippen molar-refractivity contribution in [3.63, 3.8) is 0 Å². The molecule has 0 N–H and O–H groups in total. The van der Waals surface area contributed by atoms with Gasteiger partial charge in [-0.05, 0) is 42.5 Å². The predicted octanol–water partition coefficient (Wildman–Crippen LogP) is 7.11. The molecule has 0 saturated carbocycles. The van der Waals surface area contributed by atoms with Crippen LogP contribution in [0.2, 0.25) is 10.0 Å². The minimum Gasteiger partial charge on any atom is -0.426 e. The summed E-state index contributed by atoms with van der Waals surface area (Å²) in [5.74, 6) is 0.553. The fourth-order valence-corrected chi connectivity index (χ4v) is 2.97.